The summed E-state index contributed by atoms with van der Waals surface area (Å²) in [4.78, 5) is 4.47. The lowest BCUT2D eigenvalue weighted by Crippen LogP contribution is -2.32. The number of aryl methyl sites for hydroxylation is 1. The Labute approximate surface area is 96.7 Å². The minimum Gasteiger partial charge on any atom is -0.389 e. The third-order valence-electron chi connectivity index (χ3n) is 4.11. The van der Waals surface area contributed by atoms with Gasteiger partial charge >= 0.3 is 0 Å². The molecule has 0 bridgehead atoms. The van der Waals surface area contributed by atoms with Crippen LogP contribution in [0, 0.1) is 5.92 Å². The van der Waals surface area contributed by atoms with Crippen LogP contribution < -0.4 is 0 Å². The first-order valence-corrected chi connectivity index (χ1v) is 6.33. The van der Waals surface area contributed by atoms with Crippen molar-refractivity contribution < 1.29 is 5.11 Å². The molecule has 2 heteroatoms. The summed E-state index contributed by atoms with van der Waals surface area (Å²) < 4.78 is 0. The summed E-state index contributed by atoms with van der Waals surface area (Å²) in [6.07, 6.45) is 7.55. The normalized spacial score (nSPS) is 27.5. The highest BCUT2D eigenvalue weighted by Gasteiger charge is 2.41. The lowest BCUT2D eigenvalue weighted by Gasteiger charge is -2.30. The van der Waals surface area contributed by atoms with Crippen molar-refractivity contribution in [1.82, 2.24) is 4.98 Å². The third-order valence-corrected chi connectivity index (χ3v) is 4.11. The van der Waals surface area contributed by atoms with Crippen LogP contribution in [0.25, 0.3) is 0 Å². The smallest absolute Gasteiger partial charge is 0.0705 e. The molecule has 1 aromatic heterocycles. The van der Waals surface area contributed by atoms with E-state index in [1.54, 1.807) is 0 Å². The highest BCUT2D eigenvalue weighted by atomic mass is 16.3. The van der Waals surface area contributed by atoms with Gasteiger partial charge in [0, 0.05) is 17.8 Å². The summed E-state index contributed by atoms with van der Waals surface area (Å²) in [6, 6.07) is 4.15. The van der Waals surface area contributed by atoms with E-state index in [1.165, 1.54) is 18.4 Å². The Balaban J connectivity index is 1.85. The second-order valence-corrected chi connectivity index (χ2v) is 5.64. The summed E-state index contributed by atoms with van der Waals surface area (Å²) >= 11 is 0. The molecule has 0 radical (unpaired) electrons. The van der Waals surface area contributed by atoms with E-state index in [1.807, 2.05) is 19.2 Å². The van der Waals surface area contributed by atoms with Crippen molar-refractivity contribution in [3.63, 3.8) is 0 Å². The number of hydrogen-bond acceptors (Lipinski definition) is 2. The van der Waals surface area contributed by atoms with E-state index in [0.717, 1.165) is 30.9 Å². The minimum atomic E-state index is -0.555. The van der Waals surface area contributed by atoms with E-state index in [9.17, 15) is 5.11 Å². The predicted octanol–water partition coefficient (Wildman–Crippen LogP) is 2.66. The maximum absolute atomic E-state index is 10.6. The molecule has 0 saturated heterocycles. The van der Waals surface area contributed by atoms with Gasteiger partial charge in [-0.1, -0.05) is 18.9 Å². The standard InChI is InChI=1S/C14H19NO/c1-14(16,9-10-4-5-10)12-7-6-11-3-2-8-15-13(11)12/h2-3,8,10,12,16H,4-7,9H2,1H3. The van der Waals surface area contributed by atoms with Crippen molar-refractivity contribution in [2.75, 3.05) is 0 Å². The molecule has 0 amide bonds. The van der Waals surface area contributed by atoms with Crippen LogP contribution in [0.5, 0.6) is 0 Å². The largest absolute Gasteiger partial charge is 0.389 e. The Morgan fingerprint density at radius 3 is 3.00 bits per heavy atom. The Kier molecular flexibility index (Phi) is 2.28. The second-order valence-electron chi connectivity index (χ2n) is 5.64. The number of pyridine rings is 1. The van der Waals surface area contributed by atoms with E-state index in [-0.39, 0.29) is 5.92 Å². The van der Waals surface area contributed by atoms with Crippen LogP contribution in [0.1, 0.15) is 49.8 Å². The van der Waals surface area contributed by atoms with Gasteiger partial charge in [0.25, 0.3) is 0 Å². The van der Waals surface area contributed by atoms with Gasteiger partial charge in [-0.15, -0.1) is 0 Å². The van der Waals surface area contributed by atoms with Crippen LogP contribution in [-0.4, -0.2) is 15.7 Å². The average Bonchev–Trinajstić information content (AvgIpc) is 2.94. The molecule has 2 nitrogen and oxygen atoms in total. The first kappa shape index (κ1) is 10.3. The molecule has 0 spiro atoms. The van der Waals surface area contributed by atoms with E-state index < -0.39 is 5.60 Å². The molecular weight excluding hydrogens is 198 g/mol. The van der Waals surface area contributed by atoms with Gasteiger partial charge in [-0.25, -0.2) is 0 Å². The summed E-state index contributed by atoms with van der Waals surface area (Å²) in [5.41, 5.74) is 1.93. The van der Waals surface area contributed by atoms with Crippen molar-refractivity contribution in [3.05, 3.63) is 29.6 Å². The quantitative estimate of drug-likeness (QED) is 0.844. The Bertz CT molecular complexity index is 395. The Hall–Kier alpha value is -0.890. The maximum Gasteiger partial charge on any atom is 0.0705 e. The summed E-state index contributed by atoms with van der Waals surface area (Å²) in [5, 5.41) is 10.6. The summed E-state index contributed by atoms with van der Waals surface area (Å²) in [7, 11) is 0. The zero-order valence-electron chi connectivity index (χ0n) is 9.82. The molecule has 86 valence electrons. The van der Waals surface area contributed by atoms with Crippen LogP contribution in [0.3, 0.4) is 0 Å². The molecule has 0 aromatic carbocycles. The van der Waals surface area contributed by atoms with E-state index in [0.29, 0.717) is 0 Å². The fourth-order valence-corrected chi connectivity index (χ4v) is 3.07. The molecular formula is C14H19NO. The first-order valence-electron chi connectivity index (χ1n) is 6.33. The monoisotopic (exact) mass is 217 g/mol. The number of hydrogen-bond donors (Lipinski definition) is 1. The lowest BCUT2D eigenvalue weighted by molar-refractivity contribution is 0.0159. The first-order chi connectivity index (χ1) is 7.67. The highest BCUT2D eigenvalue weighted by Crippen LogP contribution is 2.46. The maximum atomic E-state index is 10.6. The van der Waals surface area contributed by atoms with Crippen molar-refractivity contribution in [2.45, 2.75) is 50.5 Å². The van der Waals surface area contributed by atoms with Gasteiger partial charge in [0.1, 0.15) is 0 Å². The van der Waals surface area contributed by atoms with E-state index >= 15 is 0 Å². The molecule has 2 atom stereocenters. The van der Waals surface area contributed by atoms with Gasteiger partial charge in [-0.05, 0) is 43.7 Å². The van der Waals surface area contributed by atoms with Crippen molar-refractivity contribution in [3.8, 4) is 0 Å². The number of fused-ring (bicyclic) bond motifs is 1. The van der Waals surface area contributed by atoms with Gasteiger partial charge in [0.05, 0.1) is 5.60 Å². The van der Waals surface area contributed by atoms with Gasteiger partial charge in [-0.2, -0.15) is 0 Å². The van der Waals surface area contributed by atoms with Crippen LogP contribution in [0.2, 0.25) is 0 Å². The molecule has 3 rings (SSSR count). The topological polar surface area (TPSA) is 33.1 Å². The van der Waals surface area contributed by atoms with Crippen LogP contribution >= 0.6 is 0 Å². The zero-order chi connectivity index (χ0) is 11.2. The van der Waals surface area contributed by atoms with Gasteiger partial charge in [-0.3, -0.25) is 4.98 Å². The average molecular weight is 217 g/mol. The SMILES string of the molecule is CC(O)(CC1CC1)C1CCc2cccnc21. The van der Waals surface area contributed by atoms with Crippen molar-refractivity contribution in [2.24, 2.45) is 5.92 Å². The molecule has 16 heavy (non-hydrogen) atoms. The van der Waals surface area contributed by atoms with Crippen molar-refractivity contribution >= 4 is 0 Å². The van der Waals surface area contributed by atoms with Gasteiger partial charge in [0.15, 0.2) is 0 Å². The zero-order valence-corrected chi connectivity index (χ0v) is 9.82. The number of aliphatic hydroxyl groups is 1. The fourth-order valence-electron chi connectivity index (χ4n) is 3.07. The van der Waals surface area contributed by atoms with E-state index in [4.69, 9.17) is 0 Å². The molecule has 2 aliphatic rings. The molecule has 0 aliphatic heterocycles. The van der Waals surface area contributed by atoms with Crippen LogP contribution in [0.15, 0.2) is 18.3 Å². The number of nitrogens with zero attached hydrogens (tertiary/aromatic N) is 1. The third kappa shape index (κ3) is 1.75. The molecule has 1 fully saturated rings. The molecule has 1 heterocycles. The number of rotatable bonds is 3. The molecule has 2 aliphatic carbocycles. The number of aromatic nitrogens is 1. The molecule has 1 aromatic rings. The van der Waals surface area contributed by atoms with E-state index in [2.05, 4.69) is 11.1 Å². The summed E-state index contributed by atoms with van der Waals surface area (Å²) in [6.45, 7) is 2.00. The van der Waals surface area contributed by atoms with Gasteiger partial charge < -0.3 is 5.11 Å². The molecule has 1 saturated carbocycles. The second kappa shape index (κ2) is 3.56. The molecule has 1 N–H and O–H groups in total. The van der Waals surface area contributed by atoms with Gasteiger partial charge in [0.2, 0.25) is 0 Å². The Morgan fingerprint density at radius 2 is 2.25 bits per heavy atom. The van der Waals surface area contributed by atoms with Crippen LogP contribution in [0.4, 0.5) is 0 Å². The lowest BCUT2D eigenvalue weighted by atomic mass is 9.83. The summed E-state index contributed by atoms with van der Waals surface area (Å²) in [5.74, 6) is 1.02. The van der Waals surface area contributed by atoms with Crippen molar-refractivity contribution in [1.29, 1.82) is 0 Å². The fraction of sp³-hybridized carbons (Fsp3) is 0.643. The van der Waals surface area contributed by atoms with Crippen LogP contribution in [-0.2, 0) is 6.42 Å². The minimum absolute atomic E-state index is 0.254. The predicted molar refractivity (Wildman–Crippen MR) is 63.3 cm³/mol. The molecule has 2 unspecified atom stereocenters. The Morgan fingerprint density at radius 1 is 1.44 bits per heavy atom. The highest BCUT2D eigenvalue weighted by molar-refractivity contribution is 5.31.